The minimum absolute atomic E-state index is 0.0591. The number of hydrazone groups is 1. The van der Waals surface area contributed by atoms with Crippen molar-refractivity contribution in [3.63, 3.8) is 0 Å². The summed E-state index contributed by atoms with van der Waals surface area (Å²) in [6, 6.07) is 29.3. The van der Waals surface area contributed by atoms with Crippen LogP contribution in [0, 0.1) is 0 Å². The van der Waals surface area contributed by atoms with Crippen LogP contribution in [0.4, 0.5) is 5.69 Å². The molecular weight excluding hydrogens is 530 g/mol. The summed E-state index contributed by atoms with van der Waals surface area (Å²) in [5, 5.41) is 4.01. The number of benzene rings is 4. The van der Waals surface area contributed by atoms with Crippen LogP contribution in [0.25, 0.3) is 0 Å². The molecule has 4 aromatic carbocycles. The maximum atomic E-state index is 13.4. The van der Waals surface area contributed by atoms with E-state index in [9.17, 15) is 13.2 Å². The van der Waals surface area contributed by atoms with Crippen LogP contribution in [0.1, 0.15) is 11.1 Å². The number of nitrogens with one attached hydrogen (secondary N) is 1. The van der Waals surface area contributed by atoms with Gasteiger partial charge in [0.15, 0.2) is 11.5 Å². The maximum absolute atomic E-state index is 13.4. The maximum Gasteiger partial charge on any atom is 0.264 e. The Labute approximate surface area is 233 Å². The first kappa shape index (κ1) is 28.2. The van der Waals surface area contributed by atoms with E-state index in [0.29, 0.717) is 35.1 Å². The lowest BCUT2D eigenvalue weighted by Crippen LogP contribution is -2.39. The fourth-order valence-corrected chi connectivity index (χ4v) is 5.19. The SMILES string of the molecule is COc1ccc(N(CC(=O)NN=Cc2ccc(OCc3ccccc3)c(OC)c2)S(=O)(=O)c2ccccc2)cc1. The molecule has 10 heteroatoms. The molecule has 0 fully saturated rings. The first-order chi connectivity index (χ1) is 19.4. The fourth-order valence-electron chi connectivity index (χ4n) is 3.75. The van der Waals surface area contributed by atoms with Gasteiger partial charge in [0, 0.05) is 0 Å². The Morgan fingerprint density at radius 3 is 2.17 bits per heavy atom. The van der Waals surface area contributed by atoms with Crippen molar-refractivity contribution in [2.45, 2.75) is 11.5 Å². The van der Waals surface area contributed by atoms with E-state index >= 15 is 0 Å². The quantitative estimate of drug-likeness (QED) is 0.200. The van der Waals surface area contributed by atoms with Gasteiger partial charge in [0.2, 0.25) is 0 Å². The number of amides is 1. The van der Waals surface area contributed by atoms with Gasteiger partial charge in [-0.25, -0.2) is 13.8 Å². The van der Waals surface area contributed by atoms with Gasteiger partial charge >= 0.3 is 0 Å². The van der Waals surface area contributed by atoms with Crippen molar-refractivity contribution in [3.05, 3.63) is 114 Å². The average Bonchev–Trinajstić information content (AvgIpc) is 3.00. The summed E-state index contributed by atoms with van der Waals surface area (Å²) in [5.74, 6) is 1.00. The lowest BCUT2D eigenvalue weighted by atomic mass is 10.2. The molecule has 0 unspecified atom stereocenters. The van der Waals surface area contributed by atoms with Crippen molar-refractivity contribution in [2.24, 2.45) is 5.10 Å². The van der Waals surface area contributed by atoms with Crippen molar-refractivity contribution in [3.8, 4) is 17.2 Å². The number of anilines is 1. The zero-order chi connectivity index (χ0) is 28.4. The second-order valence-electron chi connectivity index (χ2n) is 8.50. The van der Waals surface area contributed by atoms with E-state index in [2.05, 4.69) is 10.5 Å². The molecule has 0 radical (unpaired) electrons. The summed E-state index contributed by atoms with van der Waals surface area (Å²) in [7, 11) is -0.986. The molecule has 9 nitrogen and oxygen atoms in total. The Kier molecular flexibility index (Phi) is 9.37. The minimum atomic E-state index is -4.04. The average molecular weight is 560 g/mol. The number of hydrogen-bond donors (Lipinski definition) is 1. The fraction of sp³-hybridized carbons (Fsp3) is 0.133. The number of ether oxygens (including phenoxy) is 3. The van der Waals surface area contributed by atoms with E-state index < -0.39 is 22.5 Å². The largest absolute Gasteiger partial charge is 0.497 e. The molecule has 1 N–H and O–H groups in total. The van der Waals surface area contributed by atoms with Gasteiger partial charge in [0.05, 0.1) is 31.0 Å². The Hall–Kier alpha value is -4.83. The van der Waals surface area contributed by atoms with Gasteiger partial charge in [-0.2, -0.15) is 5.10 Å². The second-order valence-corrected chi connectivity index (χ2v) is 10.4. The molecule has 0 aromatic heterocycles. The normalized spacial score (nSPS) is 11.2. The molecule has 4 rings (SSSR count). The third kappa shape index (κ3) is 7.17. The van der Waals surface area contributed by atoms with E-state index in [4.69, 9.17) is 14.2 Å². The van der Waals surface area contributed by atoms with Crippen molar-refractivity contribution in [1.29, 1.82) is 0 Å². The van der Waals surface area contributed by atoms with E-state index in [1.165, 1.54) is 32.6 Å². The van der Waals surface area contributed by atoms with Crippen LogP contribution in [0.2, 0.25) is 0 Å². The molecule has 0 aliphatic rings. The van der Waals surface area contributed by atoms with Crippen molar-refractivity contribution in [2.75, 3.05) is 25.1 Å². The van der Waals surface area contributed by atoms with Crippen molar-refractivity contribution < 1.29 is 27.4 Å². The monoisotopic (exact) mass is 559 g/mol. The van der Waals surface area contributed by atoms with Crippen molar-refractivity contribution in [1.82, 2.24) is 5.43 Å². The molecule has 4 aromatic rings. The zero-order valence-corrected chi connectivity index (χ0v) is 22.9. The molecule has 0 bridgehead atoms. The van der Waals surface area contributed by atoms with Gasteiger partial charge in [0.25, 0.3) is 15.9 Å². The Morgan fingerprint density at radius 2 is 1.52 bits per heavy atom. The highest BCUT2D eigenvalue weighted by Gasteiger charge is 2.27. The second kappa shape index (κ2) is 13.3. The smallest absolute Gasteiger partial charge is 0.264 e. The molecule has 0 aliphatic heterocycles. The van der Waals surface area contributed by atoms with Crippen LogP contribution in [0.15, 0.2) is 113 Å². The number of carbonyl (C=O) groups excluding carboxylic acids is 1. The van der Waals surface area contributed by atoms with Gasteiger partial charge in [0.1, 0.15) is 18.9 Å². The van der Waals surface area contributed by atoms with Gasteiger partial charge < -0.3 is 14.2 Å². The summed E-state index contributed by atoms with van der Waals surface area (Å²) in [5.41, 5.74) is 4.38. The summed E-state index contributed by atoms with van der Waals surface area (Å²) >= 11 is 0. The predicted octanol–water partition coefficient (Wildman–Crippen LogP) is 4.63. The van der Waals surface area contributed by atoms with E-state index in [0.717, 1.165) is 9.87 Å². The third-order valence-corrected chi connectivity index (χ3v) is 7.59. The number of hydrogen-bond acceptors (Lipinski definition) is 7. The summed E-state index contributed by atoms with van der Waals surface area (Å²) in [6.45, 7) is -0.103. The zero-order valence-electron chi connectivity index (χ0n) is 22.1. The van der Waals surface area contributed by atoms with Gasteiger partial charge in [-0.15, -0.1) is 0 Å². The molecule has 0 heterocycles. The van der Waals surface area contributed by atoms with Crippen LogP contribution in [-0.2, 0) is 21.4 Å². The predicted molar refractivity (Wildman–Crippen MR) is 153 cm³/mol. The van der Waals surface area contributed by atoms with E-state index in [1.807, 2.05) is 30.3 Å². The van der Waals surface area contributed by atoms with Crippen LogP contribution < -0.4 is 23.9 Å². The van der Waals surface area contributed by atoms with Gasteiger partial charge in [-0.3, -0.25) is 9.10 Å². The number of rotatable bonds is 12. The Balaban J connectivity index is 1.45. The first-order valence-corrected chi connectivity index (χ1v) is 13.7. The highest BCUT2D eigenvalue weighted by Crippen LogP contribution is 2.28. The van der Waals surface area contributed by atoms with Crippen LogP contribution in [0.5, 0.6) is 17.2 Å². The highest BCUT2D eigenvalue weighted by molar-refractivity contribution is 7.92. The van der Waals surface area contributed by atoms with Crippen LogP contribution in [-0.4, -0.2) is 41.3 Å². The van der Waals surface area contributed by atoms with Gasteiger partial charge in [-0.05, 0) is 65.7 Å². The molecule has 40 heavy (non-hydrogen) atoms. The molecular formula is C30H29N3O6S. The molecule has 0 saturated carbocycles. The Bertz CT molecular complexity index is 1540. The van der Waals surface area contributed by atoms with Crippen molar-refractivity contribution >= 4 is 27.8 Å². The van der Waals surface area contributed by atoms with Gasteiger partial charge in [-0.1, -0.05) is 48.5 Å². The molecule has 206 valence electrons. The highest BCUT2D eigenvalue weighted by atomic mass is 32.2. The number of methoxy groups -OCH3 is 2. The number of sulfonamides is 1. The summed E-state index contributed by atoms with van der Waals surface area (Å²) in [6.07, 6.45) is 1.44. The van der Waals surface area contributed by atoms with Crippen LogP contribution >= 0.6 is 0 Å². The lowest BCUT2D eigenvalue weighted by molar-refractivity contribution is -0.119. The first-order valence-electron chi connectivity index (χ1n) is 12.3. The number of nitrogens with zero attached hydrogens (tertiary/aromatic N) is 2. The molecule has 0 spiro atoms. The Morgan fingerprint density at radius 1 is 0.850 bits per heavy atom. The lowest BCUT2D eigenvalue weighted by Gasteiger charge is -2.23. The van der Waals surface area contributed by atoms with Crippen LogP contribution in [0.3, 0.4) is 0 Å². The van der Waals surface area contributed by atoms with E-state index in [-0.39, 0.29) is 4.90 Å². The number of carbonyl (C=O) groups is 1. The minimum Gasteiger partial charge on any atom is -0.497 e. The molecule has 0 saturated heterocycles. The van der Waals surface area contributed by atoms with E-state index in [1.54, 1.807) is 60.7 Å². The molecule has 0 atom stereocenters. The third-order valence-electron chi connectivity index (χ3n) is 5.81. The summed E-state index contributed by atoms with van der Waals surface area (Å²) in [4.78, 5) is 12.9. The molecule has 0 aliphatic carbocycles. The topological polar surface area (TPSA) is 107 Å². The summed E-state index contributed by atoms with van der Waals surface area (Å²) < 4.78 is 44.3. The standard InChI is InChI=1S/C30H29N3O6S/c1-37-26-16-14-25(15-17-26)33(40(35,36)27-11-7-4-8-12-27)21-30(34)32-31-20-24-13-18-28(29(19-24)38-2)39-22-23-9-5-3-6-10-23/h3-20H,21-22H2,1-2H3,(H,32,34). The molecule has 1 amide bonds.